The quantitative estimate of drug-likeness (QED) is 0.328. The molecule has 2 aromatic heterocycles. The first-order valence-electron chi connectivity index (χ1n) is 10.8. The minimum Gasteiger partial charge on any atom is -0.493 e. The van der Waals surface area contributed by atoms with E-state index in [1.807, 2.05) is 13.2 Å². The van der Waals surface area contributed by atoms with Gasteiger partial charge < -0.3 is 23.8 Å². The lowest BCUT2D eigenvalue weighted by Crippen LogP contribution is -2.47. The van der Waals surface area contributed by atoms with Crippen LogP contribution in [0.15, 0.2) is 29.4 Å². The zero-order valence-corrected chi connectivity index (χ0v) is 21.4. The van der Waals surface area contributed by atoms with Gasteiger partial charge in [0.05, 0.1) is 32.4 Å². The highest BCUT2D eigenvalue weighted by Crippen LogP contribution is 2.37. The predicted octanol–water partition coefficient (Wildman–Crippen LogP) is 3.14. The minimum absolute atomic E-state index is 0.146. The summed E-state index contributed by atoms with van der Waals surface area (Å²) in [5, 5.41) is 5.39. The summed E-state index contributed by atoms with van der Waals surface area (Å²) in [5.74, 6) is 1.80. The van der Waals surface area contributed by atoms with Crippen molar-refractivity contribution in [3.05, 3.63) is 40.6 Å². The Kier molecular flexibility index (Phi) is 7.99. The molecule has 4 rings (SSSR count). The third kappa shape index (κ3) is 5.63. The smallest absolute Gasteiger partial charge is 0.256 e. The van der Waals surface area contributed by atoms with E-state index in [1.54, 1.807) is 33.7 Å². The molecule has 0 spiro atoms. The highest BCUT2D eigenvalue weighted by Gasteiger charge is 2.24. The van der Waals surface area contributed by atoms with Crippen LogP contribution in [0.3, 0.4) is 0 Å². The number of aryl methyl sites for hydroxylation is 1. The maximum absolute atomic E-state index is 12.8. The third-order valence-corrected chi connectivity index (χ3v) is 6.29. The molecule has 3 heterocycles. The lowest BCUT2D eigenvalue weighted by Gasteiger charge is -2.32. The maximum atomic E-state index is 12.8. The SMILES string of the molecule is COc1ccc(C=CC(=O)N2CCOC(COc3cc(C)nc4nc(SC)nn34)C2)c(Cl)c1OC. The van der Waals surface area contributed by atoms with Crippen molar-refractivity contribution < 1.29 is 23.7 Å². The lowest BCUT2D eigenvalue weighted by molar-refractivity contribution is -0.134. The van der Waals surface area contributed by atoms with Crippen LogP contribution in [-0.2, 0) is 9.53 Å². The van der Waals surface area contributed by atoms with Gasteiger partial charge in [-0.25, -0.2) is 4.98 Å². The zero-order chi connectivity index (χ0) is 24.9. The van der Waals surface area contributed by atoms with E-state index in [1.165, 1.54) is 32.1 Å². The largest absolute Gasteiger partial charge is 0.493 e. The first-order chi connectivity index (χ1) is 16.9. The second-order valence-electron chi connectivity index (χ2n) is 7.67. The van der Waals surface area contributed by atoms with Crippen LogP contribution < -0.4 is 14.2 Å². The summed E-state index contributed by atoms with van der Waals surface area (Å²) in [7, 11) is 3.05. The predicted molar refractivity (Wildman–Crippen MR) is 133 cm³/mol. The molecule has 35 heavy (non-hydrogen) atoms. The van der Waals surface area contributed by atoms with Crippen LogP contribution in [0.5, 0.6) is 17.4 Å². The molecule has 3 aromatic rings. The molecule has 10 nitrogen and oxygen atoms in total. The lowest BCUT2D eigenvalue weighted by atomic mass is 10.1. The maximum Gasteiger partial charge on any atom is 0.256 e. The van der Waals surface area contributed by atoms with Crippen LogP contribution in [0, 0.1) is 6.92 Å². The molecule has 0 saturated carbocycles. The van der Waals surface area contributed by atoms with Crippen LogP contribution in [0.1, 0.15) is 11.3 Å². The van der Waals surface area contributed by atoms with E-state index in [2.05, 4.69) is 15.1 Å². The van der Waals surface area contributed by atoms with Gasteiger partial charge in [0, 0.05) is 24.4 Å². The number of thioether (sulfide) groups is 1. The number of ether oxygens (including phenoxy) is 4. The fourth-order valence-corrected chi connectivity index (χ4v) is 4.26. The van der Waals surface area contributed by atoms with Gasteiger partial charge in [0.2, 0.25) is 16.9 Å². The molecule has 12 heteroatoms. The van der Waals surface area contributed by atoms with E-state index in [0.717, 1.165) is 5.69 Å². The number of hydrogen-bond donors (Lipinski definition) is 0. The zero-order valence-electron chi connectivity index (χ0n) is 19.9. The number of morpholine rings is 1. The molecule has 1 aliphatic heterocycles. The Morgan fingerprint density at radius 1 is 1.31 bits per heavy atom. The fourth-order valence-electron chi connectivity index (χ4n) is 3.62. The molecular weight excluding hydrogens is 494 g/mol. The topological polar surface area (TPSA) is 100 Å². The van der Waals surface area contributed by atoms with Gasteiger partial charge in [0.1, 0.15) is 12.7 Å². The first kappa shape index (κ1) is 25.1. The van der Waals surface area contributed by atoms with Gasteiger partial charge in [0.15, 0.2) is 11.5 Å². The Morgan fingerprint density at radius 2 is 2.14 bits per heavy atom. The molecular formula is C23H26ClN5O5S. The summed E-state index contributed by atoms with van der Waals surface area (Å²) in [5.41, 5.74) is 1.42. The van der Waals surface area contributed by atoms with Gasteiger partial charge in [-0.05, 0) is 37.0 Å². The van der Waals surface area contributed by atoms with Crippen molar-refractivity contribution in [2.45, 2.75) is 18.2 Å². The Labute approximate surface area is 212 Å². The number of nitrogens with zero attached hydrogens (tertiary/aromatic N) is 5. The number of benzene rings is 1. The summed E-state index contributed by atoms with van der Waals surface area (Å²) in [4.78, 5) is 23.3. The summed E-state index contributed by atoms with van der Waals surface area (Å²) >= 11 is 7.84. The number of hydrogen-bond acceptors (Lipinski definition) is 9. The van der Waals surface area contributed by atoms with Crippen molar-refractivity contribution in [2.75, 3.05) is 46.8 Å². The van der Waals surface area contributed by atoms with Crippen molar-refractivity contribution >= 4 is 41.1 Å². The number of amides is 1. The number of aromatic nitrogens is 4. The van der Waals surface area contributed by atoms with Crippen LogP contribution in [0.25, 0.3) is 11.9 Å². The van der Waals surface area contributed by atoms with Crippen molar-refractivity contribution in [1.82, 2.24) is 24.5 Å². The second kappa shape index (κ2) is 11.1. The van der Waals surface area contributed by atoms with Gasteiger partial charge in [-0.2, -0.15) is 9.50 Å². The number of carbonyl (C=O) groups excluding carboxylic acids is 1. The van der Waals surface area contributed by atoms with E-state index in [4.69, 9.17) is 30.5 Å². The molecule has 0 bridgehead atoms. The van der Waals surface area contributed by atoms with E-state index in [9.17, 15) is 4.79 Å². The van der Waals surface area contributed by atoms with E-state index < -0.39 is 0 Å². The summed E-state index contributed by atoms with van der Waals surface area (Å²) in [6.07, 6.45) is 4.76. The average molecular weight is 520 g/mol. The van der Waals surface area contributed by atoms with Gasteiger partial charge >= 0.3 is 0 Å². The Bertz CT molecular complexity index is 1250. The molecule has 1 saturated heterocycles. The second-order valence-corrected chi connectivity index (χ2v) is 8.82. The van der Waals surface area contributed by atoms with Crippen molar-refractivity contribution in [3.8, 4) is 17.4 Å². The molecule has 186 valence electrons. The molecule has 0 N–H and O–H groups in total. The Morgan fingerprint density at radius 3 is 2.89 bits per heavy atom. The summed E-state index contributed by atoms with van der Waals surface area (Å²) in [6.45, 7) is 3.41. The number of fused-ring (bicyclic) bond motifs is 1. The molecule has 1 amide bonds. The van der Waals surface area contributed by atoms with E-state index in [-0.39, 0.29) is 18.6 Å². The summed E-state index contributed by atoms with van der Waals surface area (Å²) in [6, 6.07) is 5.31. The number of methoxy groups -OCH3 is 2. The third-order valence-electron chi connectivity index (χ3n) is 5.36. The van der Waals surface area contributed by atoms with Gasteiger partial charge in [-0.1, -0.05) is 23.4 Å². The fraction of sp³-hybridized carbons (Fsp3) is 0.391. The Balaban J connectivity index is 1.40. The average Bonchev–Trinajstić information content (AvgIpc) is 3.29. The molecule has 0 aliphatic carbocycles. The number of halogens is 1. The normalized spacial score (nSPS) is 16.1. The van der Waals surface area contributed by atoms with Crippen molar-refractivity contribution in [1.29, 1.82) is 0 Å². The van der Waals surface area contributed by atoms with Crippen LogP contribution in [0.2, 0.25) is 5.02 Å². The minimum atomic E-state index is -0.294. The van der Waals surface area contributed by atoms with Crippen molar-refractivity contribution in [2.24, 2.45) is 0 Å². The first-order valence-corrected chi connectivity index (χ1v) is 12.4. The summed E-state index contributed by atoms with van der Waals surface area (Å²) < 4.78 is 24.0. The monoisotopic (exact) mass is 519 g/mol. The molecule has 1 unspecified atom stereocenters. The van der Waals surface area contributed by atoms with Crippen LogP contribution in [0.4, 0.5) is 0 Å². The van der Waals surface area contributed by atoms with Gasteiger partial charge in [0.25, 0.3) is 5.78 Å². The van der Waals surface area contributed by atoms with Crippen LogP contribution in [-0.4, -0.2) is 83.3 Å². The molecule has 1 aromatic carbocycles. The highest BCUT2D eigenvalue weighted by molar-refractivity contribution is 7.98. The van der Waals surface area contributed by atoms with Gasteiger partial charge in [-0.15, -0.1) is 5.10 Å². The van der Waals surface area contributed by atoms with Crippen molar-refractivity contribution in [3.63, 3.8) is 0 Å². The van der Waals surface area contributed by atoms with E-state index >= 15 is 0 Å². The number of carbonyl (C=O) groups is 1. The molecule has 1 fully saturated rings. The molecule has 1 atom stereocenters. The van der Waals surface area contributed by atoms with Crippen LogP contribution >= 0.6 is 23.4 Å². The molecule has 0 radical (unpaired) electrons. The Hall–Kier alpha value is -3.02. The van der Waals surface area contributed by atoms with Gasteiger partial charge in [-0.3, -0.25) is 4.79 Å². The molecule has 1 aliphatic rings. The van der Waals surface area contributed by atoms with E-state index in [0.29, 0.717) is 58.6 Å². The standard InChI is InChI=1S/C23H26ClN5O5S/c1-14-11-19(29-22(25-14)26-23(27-29)35-4)34-13-16-12-28(9-10-33-16)18(30)8-6-15-5-7-17(31-2)21(32-3)20(15)24/h5-8,11,16H,9-10,12-13H2,1-4H3. The highest BCUT2D eigenvalue weighted by atomic mass is 35.5. The number of rotatable bonds is 8.